The van der Waals surface area contributed by atoms with Gasteiger partial charge in [-0.15, -0.1) is 0 Å². The highest BCUT2D eigenvalue weighted by molar-refractivity contribution is 5.99. The lowest BCUT2D eigenvalue weighted by atomic mass is 9.88. The van der Waals surface area contributed by atoms with Gasteiger partial charge in [-0.1, -0.05) is 30.3 Å². The molecule has 0 amide bonds. The first kappa shape index (κ1) is 10.4. The van der Waals surface area contributed by atoms with Crippen molar-refractivity contribution in [3.05, 3.63) is 35.9 Å². The second-order valence-electron chi connectivity index (χ2n) is 4.36. The Morgan fingerprint density at radius 2 is 1.80 bits per heavy atom. The molecule has 2 rings (SSSR count). The van der Waals surface area contributed by atoms with Crippen molar-refractivity contribution in [2.75, 3.05) is 20.1 Å². The Morgan fingerprint density at radius 1 is 1.20 bits per heavy atom. The Kier molecular flexibility index (Phi) is 3.17. The molecular weight excluding hydrogens is 184 g/mol. The Balaban J connectivity index is 2.03. The van der Waals surface area contributed by atoms with Crippen molar-refractivity contribution in [2.45, 2.75) is 12.8 Å². The van der Waals surface area contributed by atoms with Gasteiger partial charge >= 0.3 is 0 Å². The molecule has 1 aromatic carbocycles. The fourth-order valence-corrected chi connectivity index (χ4v) is 2.15. The largest absolute Gasteiger partial charge is 0.306 e. The molecule has 80 valence electrons. The van der Waals surface area contributed by atoms with Crippen LogP contribution in [0.3, 0.4) is 0 Å². The van der Waals surface area contributed by atoms with Crippen molar-refractivity contribution in [3.63, 3.8) is 0 Å². The molecule has 1 aliphatic rings. The van der Waals surface area contributed by atoms with Gasteiger partial charge in [0.2, 0.25) is 0 Å². The van der Waals surface area contributed by atoms with E-state index in [4.69, 9.17) is 5.41 Å². The summed E-state index contributed by atoms with van der Waals surface area (Å²) in [6, 6.07) is 10.1. The van der Waals surface area contributed by atoms with E-state index in [1.807, 2.05) is 30.3 Å². The molecule has 2 nitrogen and oxygen atoms in total. The molecule has 0 atom stereocenters. The molecule has 0 aliphatic carbocycles. The summed E-state index contributed by atoms with van der Waals surface area (Å²) in [5.74, 6) is 0.462. The molecule has 0 unspecified atom stereocenters. The first-order valence-electron chi connectivity index (χ1n) is 5.60. The van der Waals surface area contributed by atoms with E-state index in [9.17, 15) is 0 Å². The zero-order chi connectivity index (χ0) is 10.7. The molecule has 0 aromatic heterocycles. The van der Waals surface area contributed by atoms with Crippen LogP contribution in [-0.4, -0.2) is 30.7 Å². The SMILES string of the molecule is CN1CCC(C(=N)c2ccccc2)CC1. The smallest absolute Gasteiger partial charge is 0.0418 e. The number of rotatable bonds is 2. The minimum atomic E-state index is 0.462. The lowest BCUT2D eigenvalue weighted by Gasteiger charge is -2.29. The number of nitrogens with one attached hydrogen (secondary N) is 1. The van der Waals surface area contributed by atoms with Gasteiger partial charge in [-0.25, -0.2) is 0 Å². The van der Waals surface area contributed by atoms with Crippen molar-refractivity contribution in [2.24, 2.45) is 5.92 Å². The summed E-state index contributed by atoms with van der Waals surface area (Å²) in [5, 5.41) is 8.17. The maximum Gasteiger partial charge on any atom is 0.0418 e. The zero-order valence-corrected chi connectivity index (χ0v) is 9.24. The minimum Gasteiger partial charge on any atom is -0.306 e. The van der Waals surface area contributed by atoms with E-state index in [1.165, 1.54) is 0 Å². The number of nitrogens with zero attached hydrogens (tertiary/aromatic N) is 1. The molecule has 1 heterocycles. The van der Waals surface area contributed by atoms with E-state index in [0.717, 1.165) is 37.2 Å². The first-order valence-corrected chi connectivity index (χ1v) is 5.60. The lowest BCUT2D eigenvalue weighted by Crippen LogP contribution is -2.33. The average molecular weight is 202 g/mol. The molecule has 1 aliphatic heterocycles. The van der Waals surface area contributed by atoms with E-state index in [-0.39, 0.29) is 0 Å². The van der Waals surface area contributed by atoms with Crippen molar-refractivity contribution in [1.82, 2.24) is 4.90 Å². The second kappa shape index (κ2) is 4.58. The number of hydrogen-bond donors (Lipinski definition) is 1. The predicted molar refractivity (Wildman–Crippen MR) is 63.5 cm³/mol. The third-order valence-electron chi connectivity index (χ3n) is 3.21. The highest BCUT2D eigenvalue weighted by Crippen LogP contribution is 2.20. The van der Waals surface area contributed by atoms with E-state index < -0.39 is 0 Å². The van der Waals surface area contributed by atoms with Crippen LogP contribution < -0.4 is 0 Å². The zero-order valence-electron chi connectivity index (χ0n) is 9.24. The Morgan fingerprint density at radius 3 is 2.40 bits per heavy atom. The summed E-state index contributed by atoms with van der Waals surface area (Å²) in [4.78, 5) is 2.34. The molecule has 1 aromatic rings. The standard InChI is InChI=1S/C13H18N2/c1-15-9-7-12(8-10-15)13(14)11-5-3-2-4-6-11/h2-6,12,14H,7-10H2,1H3. The Labute approximate surface area is 91.4 Å². The summed E-state index contributed by atoms with van der Waals surface area (Å²) < 4.78 is 0. The van der Waals surface area contributed by atoms with Gasteiger partial charge in [0.15, 0.2) is 0 Å². The van der Waals surface area contributed by atoms with Gasteiger partial charge in [-0.05, 0) is 38.5 Å². The van der Waals surface area contributed by atoms with Crippen LogP contribution in [0.15, 0.2) is 30.3 Å². The predicted octanol–water partition coefficient (Wildman–Crippen LogP) is 2.40. The monoisotopic (exact) mass is 202 g/mol. The van der Waals surface area contributed by atoms with Crippen LogP contribution in [0.1, 0.15) is 18.4 Å². The second-order valence-corrected chi connectivity index (χ2v) is 4.36. The normalized spacial score (nSPS) is 19.0. The molecule has 1 N–H and O–H groups in total. The molecule has 1 saturated heterocycles. The molecule has 0 bridgehead atoms. The number of benzene rings is 1. The van der Waals surface area contributed by atoms with Crippen LogP contribution in [0.4, 0.5) is 0 Å². The van der Waals surface area contributed by atoms with Crippen LogP contribution in [0.25, 0.3) is 0 Å². The lowest BCUT2D eigenvalue weighted by molar-refractivity contribution is 0.252. The summed E-state index contributed by atoms with van der Waals surface area (Å²) in [7, 11) is 2.16. The van der Waals surface area contributed by atoms with Gasteiger partial charge in [0.1, 0.15) is 0 Å². The van der Waals surface area contributed by atoms with Crippen LogP contribution in [0.5, 0.6) is 0 Å². The molecule has 0 radical (unpaired) electrons. The maximum atomic E-state index is 8.17. The van der Waals surface area contributed by atoms with Crippen LogP contribution in [-0.2, 0) is 0 Å². The third kappa shape index (κ3) is 2.45. The van der Waals surface area contributed by atoms with Gasteiger partial charge in [0, 0.05) is 11.6 Å². The van der Waals surface area contributed by atoms with Gasteiger partial charge in [-0.2, -0.15) is 0 Å². The van der Waals surface area contributed by atoms with E-state index in [2.05, 4.69) is 11.9 Å². The molecule has 1 fully saturated rings. The van der Waals surface area contributed by atoms with Crippen molar-refractivity contribution in [3.8, 4) is 0 Å². The molecule has 2 heteroatoms. The number of piperidine rings is 1. The number of hydrogen-bond acceptors (Lipinski definition) is 2. The number of likely N-dealkylation sites (tertiary alicyclic amines) is 1. The van der Waals surface area contributed by atoms with Crippen molar-refractivity contribution >= 4 is 5.71 Å². The Bertz CT molecular complexity index is 324. The summed E-state index contributed by atoms with van der Waals surface area (Å²) in [6.07, 6.45) is 2.26. The van der Waals surface area contributed by atoms with Gasteiger partial charge < -0.3 is 10.3 Å². The van der Waals surface area contributed by atoms with E-state index in [0.29, 0.717) is 5.92 Å². The molecular formula is C13H18N2. The highest BCUT2D eigenvalue weighted by atomic mass is 15.1. The molecule has 15 heavy (non-hydrogen) atoms. The third-order valence-corrected chi connectivity index (χ3v) is 3.21. The quantitative estimate of drug-likeness (QED) is 0.732. The average Bonchev–Trinajstić information content (AvgIpc) is 2.30. The fourth-order valence-electron chi connectivity index (χ4n) is 2.15. The van der Waals surface area contributed by atoms with Crippen LogP contribution >= 0.6 is 0 Å². The topological polar surface area (TPSA) is 27.1 Å². The van der Waals surface area contributed by atoms with Gasteiger partial charge in [0.05, 0.1) is 0 Å². The first-order chi connectivity index (χ1) is 7.27. The molecule has 0 spiro atoms. The van der Waals surface area contributed by atoms with E-state index in [1.54, 1.807) is 0 Å². The van der Waals surface area contributed by atoms with Gasteiger partial charge in [-0.3, -0.25) is 0 Å². The van der Waals surface area contributed by atoms with Crippen molar-refractivity contribution < 1.29 is 0 Å². The maximum absolute atomic E-state index is 8.17. The summed E-state index contributed by atoms with van der Waals surface area (Å²) >= 11 is 0. The van der Waals surface area contributed by atoms with Gasteiger partial charge in [0.25, 0.3) is 0 Å². The summed E-state index contributed by atoms with van der Waals surface area (Å²) in [6.45, 7) is 2.25. The van der Waals surface area contributed by atoms with Crippen LogP contribution in [0, 0.1) is 11.3 Å². The fraction of sp³-hybridized carbons (Fsp3) is 0.462. The summed E-state index contributed by atoms with van der Waals surface area (Å²) in [5.41, 5.74) is 1.91. The van der Waals surface area contributed by atoms with Crippen molar-refractivity contribution in [1.29, 1.82) is 5.41 Å². The molecule has 0 saturated carbocycles. The Hall–Kier alpha value is -1.15. The van der Waals surface area contributed by atoms with Crippen LogP contribution in [0.2, 0.25) is 0 Å². The van der Waals surface area contributed by atoms with E-state index >= 15 is 0 Å². The minimum absolute atomic E-state index is 0.462. The highest BCUT2D eigenvalue weighted by Gasteiger charge is 2.21.